The number of hydrogen-bond acceptors (Lipinski definition) is 6. The summed E-state index contributed by atoms with van der Waals surface area (Å²) >= 11 is 1.33. The van der Waals surface area contributed by atoms with Crippen molar-refractivity contribution in [2.75, 3.05) is 11.9 Å². The number of thioether (sulfide) groups is 1. The Morgan fingerprint density at radius 2 is 1.80 bits per heavy atom. The second kappa shape index (κ2) is 9.24. The van der Waals surface area contributed by atoms with Crippen molar-refractivity contribution in [3.8, 4) is 0 Å². The van der Waals surface area contributed by atoms with Crippen LogP contribution < -0.4 is 5.32 Å². The van der Waals surface area contributed by atoms with Gasteiger partial charge in [-0.25, -0.2) is 4.79 Å². The molecular weight excluding hydrogens is 344 g/mol. The van der Waals surface area contributed by atoms with E-state index < -0.39 is 23.4 Å². The standard InChI is InChI=1S/C17H14N2O5S/c20-16(18-14-8-4-5-9-15(14)19(22)23)12-24-17(21)10-11-25-13-6-2-1-3-7-13/h1-11H,12H2,(H,18,20)/b11-10+. The molecule has 0 atom stereocenters. The summed E-state index contributed by atoms with van der Waals surface area (Å²) in [7, 11) is 0. The lowest BCUT2D eigenvalue weighted by Crippen LogP contribution is -2.20. The van der Waals surface area contributed by atoms with Crippen molar-refractivity contribution in [3.05, 3.63) is 76.2 Å². The molecule has 0 saturated carbocycles. The van der Waals surface area contributed by atoms with Gasteiger partial charge in [0.25, 0.3) is 11.6 Å². The summed E-state index contributed by atoms with van der Waals surface area (Å²) < 4.78 is 4.79. The molecule has 2 aromatic carbocycles. The molecule has 8 heteroatoms. The SMILES string of the molecule is O=C(COC(=O)/C=C/Sc1ccccc1)Nc1ccccc1[N+](=O)[O-]. The van der Waals surface area contributed by atoms with Gasteiger partial charge in [0.1, 0.15) is 5.69 Å². The number of para-hydroxylation sites is 2. The first kappa shape index (κ1) is 18.2. The first-order valence-corrected chi connectivity index (χ1v) is 8.02. The number of carbonyl (C=O) groups is 2. The van der Waals surface area contributed by atoms with Gasteiger partial charge in [0.15, 0.2) is 6.61 Å². The zero-order valence-corrected chi connectivity index (χ0v) is 13.8. The van der Waals surface area contributed by atoms with Gasteiger partial charge in [-0.3, -0.25) is 14.9 Å². The maximum atomic E-state index is 11.7. The number of nitrogens with one attached hydrogen (secondary N) is 1. The van der Waals surface area contributed by atoms with Gasteiger partial charge in [-0.15, -0.1) is 0 Å². The molecule has 0 aromatic heterocycles. The third-order valence-electron chi connectivity index (χ3n) is 2.87. The van der Waals surface area contributed by atoms with Crippen molar-refractivity contribution in [2.24, 2.45) is 0 Å². The van der Waals surface area contributed by atoms with Gasteiger partial charge in [0.05, 0.1) is 4.92 Å². The van der Waals surface area contributed by atoms with E-state index in [0.717, 1.165) is 4.90 Å². The monoisotopic (exact) mass is 358 g/mol. The number of nitrogens with zero attached hydrogens (tertiary/aromatic N) is 1. The molecule has 0 heterocycles. The maximum absolute atomic E-state index is 11.7. The molecule has 0 unspecified atom stereocenters. The van der Waals surface area contributed by atoms with Crippen LogP contribution in [0.3, 0.4) is 0 Å². The molecule has 0 spiro atoms. The molecule has 0 radical (unpaired) electrons. The van der Waals surface area contributed by atoms with E-state index in [4.69, 9.17) is 4.74 Å². The molecule has 0 fully saturated rings. The van der Waals surface area contributed by atoms with Crippen LogP contribution >= 0.6 is 11.8 Å². The number of esters is 1. The molecule has 0 aliphatic rings. The number of amides is 1. The van der Waals surface area contributed by atoms with E-state index in [-0.39, 0.29) is 11.4 Å². The smallest absolute Gasteiger partial charge is 0.331 e. The Morgan fingerprint density at radius 1 is 1.12 bits per heavy atom. The van der Waals surface area contributed by atoms with Crippen LogP contribution in [-0.2, 0) is 14.3 Å². The van der Waals surface area contributed by atoms with E-state index in [0.29, 0.717) is 0 Å². The molecular formula is C17H14N2O5S. The fourth-order valence-electron chi connectivity index (χ4n) is 1.78. The van der Waals surface area contributed by atoms with E-state index in [9.17, 15) is 19.7 Å². The molecule has 1 amide bonds. The van der Waals surface area contributed by atoms with Crippen LogP contribution in [0.4, 0.5) is 11.4 Å². The Labute approximate surface area is 147 Å². The summed E-state index contributed by atoms with van der Waals surface area (Å²) in [6.45, 7) is -0.536. The second-order valence-corrected chi connectivity index (χ2v) is 5.64. The summed E-state index contributed by atoms with van der Waals surface area (Å²) in [4.78, 5) is 34.5. The quantitative estimate of drug-likeness (QED) is 0.268. The van der Waals surface area contributed by atoms with Crippen molar-refractivity contribution >= 4 is 35.0 Å². The number of ether oxygens (including phenoxy) is 1. The molecule has 0 bridgehead atoms. The van der Waals surface area contributed by atoms with Crippen molar-refractivity contribution in [2.45, 2.75) is 4.90 Å². The zero-order valence-electron chi connectivity index (χ0n) is 13.0. The Balaban J connectivity index is 1.80. The van der Waals surface area contributed by atoms with Gasteiger partial charge in [-0.05, 0) is 23.6 Å². The highest BCUT2D eigenvalue weighted by atomic mass is 32.2. The van der Waals surface area contributed by atoms with Gasteiger partial charge >= 0.3 is 5.97 Å². The number of rotatable bonds is 7. The lowest BCUT2D eigenvalue weighted by atomic mass is 10.2. The maximum Gasteiger partial charge on any atom is 0.331 e. The minimum absolute atomic E-state index is 0.0451. The van der Waals surface area contributed by atoms with Crippen molar-refractivity contribution in [1.82, 2.24) is 0 Å². The Bertz CT molecular complexity index is 793. The highest BCUT2D eigenvalue weighted by molar-refractivity contribution is 8.02. The lowest BCUT2D eigenvalue weighted by molar-refractivity contribution is -0.383. The number of nitro groups is 1. The van der Waals surface area contributed by atoms with E-state index in [1.54, 1.807) is 11.5 Å². The van der Waals surface area contributed by atoms with E-state index in [1.165, 1.54) is 36.0 Å². The fraction of sp³-hybridized carbons (Fsp3) is 0.0588. The van der Waals surface area contributed by atoms with Gasteiger partial charge in [-0.2, -0.15) is 0 Å². The highest BCUT2D eigenvalue weighted by Gasteiger charge is 2.15. The molecule has 7 nitrogen and oxygen atoms in total. The average Bonchev–Trinajstić information content (AvgIpc) is 2.61. The topological polar surface area (TPSA) is 98.5 Å². The highest BCUT2D eigenvalue weighted by Crippen LogP contribution is 2.23. The summed E-state index contributed by atoms with van der Waals surface area (Å²) in [5.74, 6) is -1.34. The molecule has 2 aromatic rings. The predicted octanol–water partition coefficient (Wildman–Crippen LogP) is 3.38. The third-order valence-corrected chi connectivity index (χ3v) is 3.69. The van der Waals surface area contributed by atoms with Crippen LogP contribution in [0, 0.1) is 10.1 Å². The van der Waals surface area contributed by atoms with Gasteiger partial charge in [-0.1, -0.05) is 42.1 Å². The molecule has 25 heavy (non-hydrogen) atoms. The summed E-state index contributed by atoms with van der Waals surface area (Å²) in [6, 6.07) is 15.1. The minimum atomic E-state index is -0.679. The van der Waals surface area contributed by atoms with E-state index in [2.05, 4.69) is 5.32 Å². The first-order valence-electron chi connectivity index (χ1n) is 7.14. The zero-order chi connectivity index (χ0) is 18.1. The minimum Gasteiger partial charge on any atom is -0.452 e. The summed E-state index contributed by atoms with van der Waals surface area (Å²) in [5, 5.41) is 14.8. The van der Waals surface area contributed by atoms with Gasteiger partial charge in [0, 0.05) is 17.0 Å². The third kappa shape index (κ3) is 6.11. The first-order chi connectivity index (χ1) is 12.1. The van der Waals surface area contributed by atoms with E-state index in [1.807, 2.05) is 30.3 Å². The average molecular weight is 358 g/mol. The molecule has 0 aliphatic carbocycles. The van der Waals surface area contributed by atoms with Crippen molar-refractivity contribution < 1.29 is 19.2 Å². The summed E-state index contributed by atoms with van der Waals surface area (Å²) in [5.41, 5.74) is -0.190. The predicted molar refractivity (Wildman–Crippen MR) is 94.1 cm³/mol. The Hall–Kier alpha value is -3.13. The molecule has 128 valence electrons. The molecule has 0 aliphatic heterocycles. The normalized spacial score (nSPS) is 10.4. The van der Waals surface area contributed by atoms with Crippen LogP contribution in [0.1, 0.15) is 0 Å². The van der Waals surface area contributed by atoms with Crippen molar-refractivity contribution in [3.63, 3.8) is 0 Å². The van der Waals surface area contributed by atoms with Gasteiger partial charge < -0.3 is 10.1 Å². The Morgan fingerprint density at radius 3 is 2.52 bits per heavy atom. The number of nitro benzene ring substituents is 1. The molecule has 0 saturated heterocycles. The van der Waals surface area contributed by atoms with E-state index >= 15 is 0 Å². The number of anilines is 1. The fourth-order valence-corrected chi connectivity index (χ4v) is 2.43. The largest absolute Gasteiger partial charge is 0.452 e. The lowest BCUT2D eigenvalue weighted by Gasteiger charge is -2.05. The van der Waals surface area contributed by atoms with Crippen molar-refractivity contribution in [1.29, 1.82) is 0 Å². The van der Waals surface area contributed by atoms with Crippen LogP contribution in [0.5, 0.6) is 0 Å². The Kier molecular flexibility index (Phi) is 6.73. The summed E-state index contributed by atoms with van der Waals surface area (Å²) in [6.07, 6.45) is 1.20. The second-order valence-electron chi connectivity index (χ2n) is 4.66. The van der Waals surface area contributed by atoms with Crippen LogP contribution in [0.25, 0.3) is 0 Å². The number of hydrogen-bond donors (Lipinski definition) is 1. The molecule has 2 rings (SSSR count). The number of benzene rings is 2. The van der Waals surface area contributed by atoms with Crippen LogP contribution in [-0.4, -0.2) is 23.4 Å². The van der Waals surface area contributed by atoms with Gasteiger partial charge in [0.2, 0.25) is 0 Å². The van der Waals surface area contributed by atoms with Crippen LogP contribution in [0.15, 0.2) is 71.0 Å². The number of carbonyl (C=O) groups excluding carboxylic acids is 2. The molecule has 1 N–H and O–H groups in total. The van der Waals surface area contributed by atoms with Crippen LogP contribution in [0.2, 0.25) is 0 Å².